The first-order chi connectivity index (χ1) is 9.16. The van der Waals surface area contributed by atoms with E-state index < -0.39 is 0 Å². The molecule has 2 N–H and O–H groups in total. The molecule has 0 saturated heterocycles. The minimum atomic E-state index is -0.202. The second-order valence-electron chi connectivity index (χ2n) is 5.61. The maximum Gasteiger partial charge on any atom is 0.124 e. The van der Waals surface area contributed by atoms with Gasteiger partial charge < -0.3 is 15.2 Å². The van der Waals surface area contributed by atoms with Gasteiger partial charge in [-0.2, -0.15) is 0 Å². The van der Waals surface area contributed by atoms with Gasteiger partial charge in [-0.25, -0.2) is 0 Å². The third kappa shape index (κ3) is 4.22. The Balaban J connectivity index is 1.94. The normalized spacial score (nSPS) is 23.6. The van der Waals surface area contributed by atoms with Gasteiger partial charge in [-0.05, 0) is 32.8 Å². The predicted octanol–water partition coefficient (Wildman–Crippen LogP) is 2.87. The van der Waals surface area contributed by atoms with E-state index in [9.17, 15) is 5.11 Å². The summed E-state index contributed by atoms with van der Waals surface area (Å²) in [5.41, 5.74) is 1.16. The van der Waals surface area contributed by atoms with Crippen LogP contribution in [-0.4, -0.2) is 23.4 Å². The summed E-state index contributed by atoms with van der Waals surface area (Å²) in [4.78, 5) is 0. The van der Waals surface area contributed by atoms with Gasteiger partial charge in [-0.3, -0.25) is 0 Å². The molecule has 0 aromatic heterocycles. The van der Waals surface area contributed by atoms with Gasteiger partial charge in [0, 0.05) is 18.2 Å². The van der Waals surface area contributed by atoms with Gasteiger partial charge in [0.25, 0.3) is 0 Å². The lowest BCUT2D eigenvalue weighted by molar-refractivity contribution is 0.0900. The summed E-state index contributed by atoms with van der Waals surface area (Å²) >= 11 is 0. The third-order valence-corrected chi connectivity index (χ3v) is 3.62. The highest BCUT2D eigenvalue weighted by Gasteiger charge is 2.22. The molecule has 2 atom stereocenters. The molecule has 1 aromatic carbocycles. The molecule has 19 heavy (non-hydrogen) atoms. The molecule has 1 aliphatic rings. The Hall–Kier alpha value is -1.06. The first kappa shape index (κ1) is 14.4. The SMILES string of the molecule is CC(C)Oc1ccccc1CNC1CCCCC1O. The zero-order valence-electron chi connectivity index (χ0n) is 11.9. The van der Waals surface area contributed by atoms with Gasteiger partial charge in [-0.15, -0.1) is 0 Å². The van der Waals surface area contributed by atoms with Crippen molar-refractivity contribution in [1.82, 2.24) is 5.32 Å². The predicted molar refractivity (Wildman–Crippen MR) is 77.3 cm³/mol. The second-order valence-corrected chi connectivity index (χ2v) is 5.61. The Bertz CT molecular complexity index is 392. The topological polar surface area (TPSA) is 41.5 Å². The number of aliphatic hydroxyl groups excluding tert-OH is 1. The van der Waals surface area contributed by atoms with Gasteiger partial charge in [0.05, 0.1) is 12.2 Å². The van der Waals surface area contributed by atoms with E-state index >= 15 is 0 Å². The lowest BCUT2D eigenvalue weighted by Gasteiger charge is -2.28. The summed E-state index contributed by atoms with van der Waals surface area (Å²) in [7, 11) is 0. The Morgan fingerprint density at radius 3 is 2.74 bits per heavy atom. The molecule has 0 aliphatic heterocycles. The van der Waals surface area contributed by atoms with Crippen molar-refractivity contribution in [1.29, 1.82) is 0 Å². The molecule has 0 heterocycles. The minimum Gasteiger partial charge on any atom is -0.491 e. The van der Waals surface area contributed by atoms with Gasteiger partial charge >= 0.3 is 0 Å². The quantitative estimate of drug-likeness (QED) is 0.858. The van der Waals surface area contributed by atoms with Crippen molar-refractivity contribution in [2.24, 2.45) is 0 Å². The highest BCUT2D eigenvalue weighted by molar-refractivity contribution is 5.33. The molecular weight excluding hydrogens is 238 g/mol. The smallest absolute Gasteiger partial charge is 0.124 e. The first-order valence-corrected chi connectivity index (χ1v) is 7.33. The Morgan fingerprint density at radius 2 is 2.00 bits per heavy atom. The molecule has 106 valence electrons. The molecular formula is C16H25NO2. The fourth-order valence-corrected chi connectivity index (χ4v) is 2.61. The van der Waals surface area contributed by atoms with Crippen LogP contribution in [0.3, 0.4) is 0 Å². The molecule has 2 unspecified atom stereocenters. The van der Waals surface area contributed by atoms with Gasteiger partial charge in [0.2, 0.25) is 0 Å². The largest absolute Gasteiger partial charge is 0.491 e. The van der Waals surface area contributed by atoms with E-state index in [4.69, 9.17) is 4.74 Å². The highest BCUT2D eigenvalue weighted by atomic mass is 16.5. The summed E-state index contributed by atoms with van der Waals surface area (Å²) in [6, 6.07) is 8.34. The highest BCUT2D eigenvalue weighted by Crippen LogP contribution is 2.22. The summed E-state index contributed by atoms with van der Waals surface area (Å²) in [6.45, 7) is 4.83. The van der Waals surface area contributed by atoms with Gasteiger partial charge in [0.15, 0.2) is 0 Å². The number of ether oxygens (including phenoxy) is 1. The molecule has 1 fully saturated rings. The molecule has 1 aliphatic carbocycles. The fourth-order valence-electron chi connectivity index (χ4n) is 2.61. The van der Waals surface area contributed by atoms with Crippen molar-refractivity contribution in [3.05, 3.63) is 29.8 Å². The molecule has 0 radical (unpaired) electrons. The van der Waals surface area contributed by atoms with Crippen molar-refractivity contribution < 1.29 is 9.84 Å². The Kier molecular flexibility index (Phi) is 5.23. The summed E-state index contributed by atoms with van der Waals surface area (Å²) in [5, 5.41) is 13.4. The van der Waals surface area contributed by atoms with Crippen LogP contribution in [0.5, 0.6) is 5.75 Å². The number of hydrogen-bond acceptors (Lipinski definition) is 3. The summed E-state index contributed by atoms with van der Waals surface area (Å²) < 4.78 is 5.81. The molecule has 0 amide bonds. The van der Waals surface area contributed by atoms with E-state index in [0.29, 0.717) is 0 Å². The van der Waals surface area contributed by atoms with Crippen LogP contribution in [0.2, 0.25) is 0 Å². The van der Waals surface area contributed by atoms with Crippen LogP contribution >= 0.6 is 0 Å². The monoisotopic (exact) mass is 263 g/mol. The van der Waals surface area contributed by atoms with Crippen LogP contribution in [0.4, 0.5) is 0 Å². The van der Waals surface area contributed by atoms with E-state index in [1.54, 1.807) is 0 Å². The number of para-hydroxylation sites is 1. The number of nitrogens with one attached hydrogen (secondary N) is 1. The van der Waals surface area contributed by atoms with Crippen LogP contribution in [0.15, 0.2) is 24.3 Å². The van der Waals surface area contributed by atoms with Crippen LogP contribution in [-0.2, 0) is 6.54 Å². The lowest BCUT2D eigenvalue weighted by atomic mass is 9.92. The molecule has 3 nitrogen and oxygen atoms in total. The number of benzene rings is 1. The van der Waals surface area contributed by atoms with E-state index in [-0.39, 0.29) is 18.2 Å². The molecule has 1 aromatic rings. The van der Waals surface area contributed by atoms with Crippen molar-refractivity contribution in [3.63, 3.8) is 0 Å². The standard InChI is InChI=1S/C16H25NO2/c1-12(2)19-16-10-6-3-7-13(16)11-17-14-8-4-5-9-15(14)18/h3,6-7,10,12,14-15,17-18H,4-5,8-9,11H2,1-2H3. The molecule has 0 spiro atoms. The number of hydrogen-bond donors (Lipinski definition) is 2. The third-order valence-electron chi connectivity index (χ3n) is 3.62. The van der Waals surface area contributed by atoms with Crippen LogP contribution in [0.1, 0.15) is 45.1 Å². The first-order valence-electron chi connectivity index (χ1n) is 7.33. The maximum absolute atomic E-state index is 9.97. The average Bonchev–Trinajstić information content (AvgIpc) is 2.39. The van der Waals surface area contributed by atoms with Gasteiger partial charge in [0.1, 0.15) is 5.75 Å². The Labute approximate surface area is 116 Å². The van der Waals surface area contributed by atoms with E-state index in [1.807, 2.05) is 32.0 Å². The zero-order chi connectivity index (χ0) is 13.7. The van der Waals surface area contributed by atoms with E-state index in [2.05, 4.69) is 11.4 Å². The maximum atomic E-state index is 9.97. The van der Waals surface area contributed by atoms with E-state index in [0.717, 1.165) is 37.1 Å². The molecule has 2 rings (SSSR count). The Morgan fingerprint density at radius 1 is 1.26 bits per heavy atom. The second kappa shape index (κ2) is 6.92. The lowest BCUT2D eigenvalue weighted by Crippen LogP contribution is -2.41. The zero-order valence-corrected chi connectivity index (χ0v) is 11.9. The van der Waals surface area contributed by atoms with Crippen molar-refractivity contribution in [2.75, 3.05) is 0 Å². The summed E-state index contributed by atoms with van der Waals surface area (Å²) in [6.07, 6.45) is 4.31. The number of rotatable bonds is 5. The van der Waals surface area contributed by atoms with Crippen LogP contribution < -0.4 is 10.1 Å². The molecule has 3 heteroatoms. The van der Waals surface area contributed by atoms with E-state index in [1.165, 1.54) is 6.42 Å². The average molecular weight is 263 g/mol. The fraction of sp³-hybridized carbons (Fsp3) is 0.625. The van der Waals surface area contributed by atoms with Crippen LogP contribution in [0.25, 0.3) is 0 Å². The summed E-state index contributed by atoms with van der Waals surface area (Å²) in [5.74, 6) is 0.940. The van der Waals surface area contributed by atoms with Crippen LogP contribution in [0, 0.1) is 0 Å². The molecule has 1 saturated carbocycles. The van der Waals surface area contributed by atoms with Gasteiger partial charge in [-0.1, -0.05) is 31.0 Å². The minimum absolute atomic E-state index is 0.182. The number of aliphatic hydroxyl groups is 1. The van der Waals surface area contributed by atoms with Crippen molar-refractivity contribution >= 4 is 0 Å². The molecule has 0 bridgehead atoms. The van der Waals surface area contributed by atoms with Crippen molar-refractivity contribution in [3.8, 4) is 5.75 Å². The van der Waals surface area contributed by atoms with Crippen molar-refractivity contribution in [2.45, 2.75) is 64.3 Å².